The average Bonchev–Trinajstić information content (AvgIpc) is 3.08. The van der Waals surface area contributed by atoms with Crippen molar-refractivity contribution in [1.82, 2.24) is 20.1 Å². The summed E-state index contributed by atoms with van der Waals surface area (Å²) in [5.74, 6) is -2.57. The van der Waals surface area contributed by atoms with Gasteiger partial charge < -0.3 is 20.1 Å². The summed E-state index contributed by atoms with van der Waals surface area (Å²) >= 11 is 0. The first-order valence-corrected chi connectivity index (χ1v) is 8.25. The van der Waals surface area contributed by atoms with Crippen molar-refractivity contribution < 1.29 is 27.6 Å². The van der Waals surface area contributed by atoms with Crippen molar-refractivity contribution in [1.29, 1.82) is 0 Å². The standard InChI is InChI=1S/C17H17F3N4O3/c18-17(19,20)10-21-14(25)16(27)24-7-5-23(6-8-24)15(26)13-9-11-3-1-2-4-12(11)22-13/h1-4,9,22H,5-8,10H2,(H,21,25). The SMILES string of the molecule is O=C(NCC(F)(F)F)C(=O)N1CCN(C(=O)c2cc3ccccc3[nH]2)CC1. The lowest BCUT2D eigenvalue weighted by Crippen LogP contribution is -2.54. The highest BCUT2D eigenvalue weighted by Crippen LogP contribution is 2.17. The summed E-state index contributed by atoms with van der Waals surface area (Å²) in [5.41, 5.74) is 1.25. The first kappa shape index (κ1) is 18.7. The van der Waals surface area contributed by atoms with Crippen LogP contribution in [0.2, 0.25) is 0 Å². The number of carbonyl (C=O) groups excluding carboxylic acids is 3. The maximum atomic E-state index is 12.6. The van der Waals surface area contributed by atoms with Crippen LogP contribution < -0.4 is 5.32 Å². The molecule has 2 aromatic rings. The maximum Gasteiger partial charge on any atom is 0.405 e. The van der Waals surface area contributed by atoms with Crippen molar-refractivity contribution in [3.63, 3.8) is 0 Å². The minimum absolute atomic E-state index is 0.0737. The molecule has 1 aromatic carbocycles. The van der Waals surface area contributed by atoms with E-state index in [0.717, 1.165) is 15.8 Å². The zero-order valence-electron chi connectivity index (χ0n) is 14.2. The Bertz CT molecular complexity index is 837. The van der Waals surface area contributed by atoms with Gasteiger partial charge in [0, 0.05) is 37.1 Å². The monoisotopic (exact) mass is 382 g/mol. The first-order chi connectivity index (χ1) is 12.7. The van der Waals surface area contributed by atoms with Crippen LogP contribution in [0.25, 0.3) is 10.9 Å². The number of H-pyrrole nitrogens is 1. The van der Waals surface area contributed by atoms with Gasteiger partial charge in [0.05, 0.1) is 0 Å². The van der Waals surface area contributed by atoms with Gasteiger partial charge in [0.1, 0.15) is 12.2 Å². The number of halogens is 3. The largest absolute Gasteiger partial charge is 0.405 e. The van der Waals surface area contributed by atoms with Crippen LogP contribution >= 0.6 is 0 Å². The number of alkyl halides is 3. The summed E-state index contributed by atoms with van der Waals surface area (Å²) in [4.78, 5) is 41.7. The first-order valence-electron chi connectivity index (χ1n) is 8.25. The highest BCUT2D eigenvalue weighted by molar-refractivity contribution is 6.35. The van der Waals surface area contributed by atoms with Crippen LogP contribution in [0.3, 0.4) is 0 Å². The minimum atomic E-state index is -4.58. The highest BCUT2D eigenvalue weighted by atomic mass is 19.4. The molecule has 3 rings (SSSR count). The predicted octanol–water partition coefficient (Wildman–Crippen LogP) is 1.13. The van der Waals surface area contributed by atoms with Gasteiger partial charge in [0.15, 0.2) is 0 Å². The number of piperazine rings is 1. The maximum absolute atomic E-state index is 12.6. The number of amides is 3. The van der Waals surface area contributed by atoms with Crippen LogP contribution in [0.15, 0.2) is 30.3 Å². The Morgan fingerprint density at radius 2 is 1.67 bits per heavy atom. The number of aromatic nitrogens is 1. The Balaban J connectivity index is 1.55. The molecular weight excluding hydrogens is 365 g/mol. The van der Waals surface area contributed by atoms with Crippen LogP contribution in [0.5, 0.6) is 0 Å². The summed E-state index contributed by atoms with van der Waals surface area (Å²) in [6.07, 6.45) is -4.58. The number of carbonyl (C=O) groups is 3. The fourth-order valence-electron chi connectivity index (χ4n) is 2.87. The third kappa shape index (κ3) is 4.39. The van der Waals surface area contributed by atoms with Crippen molar-refractivity contribution >= 4 is 28.6 Å². The Morgan fingerprint density at radius 1 is 1.04 bits per heavy atom. The topological polar surface area (TPSA) is 85.5 Å². The van der Waals surface area contributed by atoms with Gasteiger partial charge in [-0.3, -0.25) is 14.4 Å². The van der Waals surface area contributed by atoms with Crippen molar-refractivity contribution in [2.24, 2.45) is 0 Å². The van der Waals surface area contributed by atoms with Gasteiger partial charge in [-0.2, -0.15) is 13.2 Å². The van der Waals surface area contributed by atoms with Crippen molar-refractivity contribution in [3.8, 4) is 0 Å². The van der Waals surface area contributed by atoms with E-state index in [1.165, 1.54) is 4.90 Å². The summed E-state index contributed by atoms with van der Waals surface area (Å²) in [5, 5.41) is 2.45. The molecule has 2 heterocycles. The summed E-state index contributed by atoms with van der Waals surface area (Å²) in [7, 11) is 0. The molecule has 7 nitrogen and oxygen atoms in total. The molecule has 1 aliphatic heterocycles. The minimum Gasteiger partial charge on any atom is -0.351 e. The van der Waals surface area contributed by atoms with Gasteiger partial charge in [0.25, 0.3) is 5.91 Å². The normalized spacial score (nSPS) is 15.1. The number of nitrogens with one attached hydrogen (secondary N) is 2. The van der Waals surface area contributed by atoms with Crippen molar-refractivity contribution in [2.75, 3.05) is 32.7 Å². The summed E-state index contributed by atoms with van der Waals surface area (Å²) in [6.45, 7) is -1.04. The molecule has 1 aromatic heterocycles. The summed E-state index contributed by atoms with van der Waals surface area (Å²) in [6, 6.07) is 9.17. The van der Waals surface area contributed by atoms with Crippen LogP contribution in [0, 0.1) is 0 Å². The number of rotatable bonds is 2. The molecule has 144 valence electrons. The second kappa shape index (κ2) is 7.29. The molecule has 0 unspecified atom stereocenters. The molecule has 0 saturated carbocycles. The smallest absolute Gasteiger partial charge is 0.351 e. The zero-order valence-corrected chi connectivity index (χ0v) is 14.2. The van der Waals surface area contributed by atoms with Crippen LogP contribution in [-0.2, 0) is 9.59 Å². The van der Waals surface area contributed by atoms with E-state index in [4.69, 9.17) is 0 Å². The Labute approximate surface area is 152 Å². The number of para-hydroxylation sites is 1. The van der Waals surface area contributed by atoms with Gasteiger partial charge in [0.2, 0.25) is 0 Å². The molecule has 1 fully saturated rings. The van der Waals surface area contributed by atoms with E-state index in [9.17, 15) is 27.6 Å². The quantitative estimate of drug-likeness (QED) is 0.764. The molecule has 0 atom stereocenters. The molecule has 2 N–H and O–H groups in total. The van der Waals surface area contributed by atoms with Gasteiger partial charge in [-0.25, -0.2) is 0 Å². The van der Waals surface area contributed by atoms with Crippen LogP contribution in [0.1, 0.15) is 10.5 Å². The fourth-order valence-corrected chi connectivity index (χ4v) is 2.87. The van der Waals surface area contributed by atoms with E-state index >= 15 is 0 Å². The Kier molecular flexibility index (Phi) is 5.06. The van der Waals surface area contributed by atoms with Gasteiger partial charge in [-0.15, -0.1) is 0 Å². The molecule has 0 radical (unpaired) electrons. The van der Waals surface area contributed by atoms with Gasteiger partial charge >= 0.3 is 18.0 Å². The lowest BCUT2D eigenvalue weighted by atomic mass is 10.2. The molecule has 0 aliphatic carbocycles. The Morgan fingerprint density at radius 3 is 2.30 bits per heavy atom. The van der Waals surface area contributed by atoms with E-state index < -0.39 is 24.5 Å². The molecule has 3 amide bonds. The number of hydrogen-bond acceptors (Lipinski definition) is 3. The second-order valence-electron chi connectivity index (χ2n) is 6.15. The number of benzene rings is 1. The second-order valence-corrected chi connectivity index (χ2v) is 6.15. The molecule has 0 bridgehead atoms. The van der Waals surface area contributed by atoms with Crippen LogP contribution in [-0.4, -0.2) is 71.4 Å². The molecule has 1 aliphatic rings. The molecule has 1 saturated heterocycles. The number of nitrogens with zero attached hydrogens (tertiary/aromatic N) is 2. The van der Waals surface area contributed by atoms with E-state index in [-0.39, 0.29) is 32.1 Å². The number of fused-ring (bicyclic) bond motifs is 1. The number of aromatic amines is 1. The Hall–Kier alpha value is -3.04. The predicted molar refractivity (Wildman–Crippen MR) is 89.8 cm³/mol. The number of hydrogen-bond donors (Lipinski definition) is 2. The molecule has 27 heavy (non-hydrogen) atoms. The summed E-state index contributed by atoms with van der Waals surface area (Å²) < 4.78 is 36.3. The average molecular weight is 382 g/mol. The van der Waals surface area contributed by atoms with Gasteiger partial charge in [-0.1, -0.05) is 18.2 Å². The van der Waals surface area contributed by atoms with E-state index in [0.29, 0.717) is 5.69 Å². The molecule has 10 heteroatoms. The van der Waals surface area contributed by atoms with E-state index in [1.54, 1.807) is 11.4 Å². The van der Waals surface area contributed by atoms with Crippen LogP contribution in [0.4, 0.5) is 13.2 Å². The lowest BCUT2D eigenvalue weighted by Gasteiger charge is -2.34. The third-order valence-electron chi connectivity index (χ3n) is 4.26. The van der Waals surface area contributed by atoms with Crippen molar-refractivity contribution in [2.45, 2.75) is 6.18 Å². The zero-order chi connectivity index (χ0) is 19.6. The fraction of sp³-hybridized carbons (Fsp3) is 0.353. The van der Waals surface area contributed by atoms with Gasteiger partial charge in [-0.05, 0) is 12.1 Å². The molecule has 0 spiro atoms. The highest BCUT2D eigenvalue weighted by Gasteiger charge is 2.32. The molecular formula is C17H17F3N4O3. The van der Waals surface area contributed by atoms with E-state index in [1.807, 2.05) is 24.3 Å². The van der Waals surface area contributed by atoms with Crippen molar-refractivity contribution in [3.05, 3.63) is 36.0 Å². The van der Waals surface area contributed by atoms with E-state index in [2.05, 4.69) is 4.98 Å². The third-order valence-corrected chi connectivity index (χ3v) is 4.26. The lowest BCUT2D eigenvalue weighted by molar-refractivity contribution is -0.151.